The van der Waals surface area contributed by atoms with Crippen LogP contribution >= 0.6 is 0 Å². The van der Waals surface area contributed by atoms with Crippen LogP contribution in [0.25, 0.3) is 6.08 Å². The summed E-state index contributed by atoms with van der Waals surface area (Å²) in [6, 6.07) is 5.41. The molecule has 2 aliphatic rings. The van der Waals surface area contributed by atoms with E-state index in [4.69, 9.17) is 0 Å². The molecular weight excluding hydrogens is 355 g/mol. The summed E-state index contributed by atoms with van der Waals surface area (Å²) < 4.78 is 14.6. The van der Waals surface area contributed by atoms with Crippen molar-refractivity contribution in [3.8, 4) is 11.8 Å². The molecule has 1 fully saturated rings. The van der Waals surface area contributed by atoms with Gasteiger partial charge in [0.2, 0.25) is 0 Å². The van der Waals surface area contributed by atoms with Gasteiger partial charge in [-0.1, -0.05) is 100 Å². The second-order valence-electron chi connectivity index (χ2n) is 8.72. The van der Waals surface area contributed by atoms with Crippen LogP contribution in [-0.4, -0.2) is 0 Å². The van der Waals surface area contributed by atoms with Crippen LogP contribution in [-0.2, 0) is 0 Å². The molecule has 0 radical (unpaired) electrons. The molecule has 0 bridgehead atoms. The number of hydrogen-bond donors (Lipinski definition) is 0. The summed E-state index contributed by atoms with van der Waals surface area (Å²) >= 11 is 0. The highest BCUT2D eigenvalue weighted by Gasteiger charge is 2.37. The Morgan fingerprint density at radius 1 is 1.10 bits per heavy atom. The minimum Gasteiger partial charge on any atom is -0.206 e. The Hall–Kier alpha value is -2.07. The van der Waals surface area contributed by atoms with Gasteiger partial charge >= 0.3 is 0 Å². The first-order valence-corrected chi connectivity index (χ1v) is 11.5. The van der Waals surface area contributed by atoms with Gasteiger partial charge in [-0.05, 0) is 55.2 Å². The second-order valence-corrected chi connectivity index (χ2v) is 8.72. The van der Waals surface area contributed by atoms with E-state index in [2.05, 4.69) is 56.1 Å². The average molecular weight is 391 g/mol. The lowest BCUT2D eigenvalue weighted by Crippen LogP contribution is -2.31. The van der Waals surface area contributed by atoms with Gasteiger partial charge in [0.05, 0.1) is 11.0 Å². The molecule has 0 spiro atoms. The number of halogens is 1. The molecule has 1 saturated carbocycles. The zero-order valence-corrected chi connectivity index (χ0v) is 18.1. The highest BCUT2D eigenvalue weighted by atomic mass is 19.1. The number of allylic oxidation sites excluding steroid dienone is 5. The van der Waals surface area contributed by atoms with E-state index in [1.165, 1.54) is 38.5 Å². The zero-order valence-electron chi connectivity index (χ0n) is 18.1. The normalized spacial score (nSPS) is 26.4. The van der Waals surface area contributed by atoms with Crippen LogP contribution in [0.4, 0.5) is 4.39 Å². The van der Waals surface area contributed by atoms with Crippen molar-refractivity contribution in [3.63, 3.8) is 0 Å². The predicted molar refractivity (Wildman–Crippen MR) is 123 cm³/mol. The summed E-state index contributed by atoms with van der Waals surface area (Å²) in [5.74, 6) is 7.99. The quantitative estimate of drug-likeness (QED) is 0.430. The fraction of sp³-hybridized carbons (Fsp3) is 0.500. The van der Waals surface area contributed by atoms with E-state index in [-0.39, 0.29) is 11.2 Å². The van der Waals surface area contributed by atoms with Crippen LogP contribution in [0.3, 0.4) is 0 Å². The fourth-order valence-corrected chi connectivity index (χ4v) is 4.82. The molecule has 1 heteroatoms. The summed E-state index contributed by atoms with van der Waals surface area (Å²) in [6.07, 6.45) is 23.7. The molecule has 1 atom stereocenters. The van der Waals surface area contributed by atoms with Gasteiger partial charge in [0.1, 0.15) is 5.82 Å². The summed E-state index contributed by atoms with van der Waals surface area (Å²) in [6.45, 7) is 4.43. The Kier molecular flexibility index (Phi) is 7.93. The van der Waals surface area contributed by atoms with Crippen LogP contribution in [0.15, 0.2) is 48.6 Å². The van der Waals surface area contributed by atoms with Gasteiger partial charge in [0.15, 0.2) is 0 Å². The largest absolute Gasteiger partial charge is 0.206 e. The maximum Gasteiger partial charge on any atom is 0.139 e. The minimum absolute atomic E-state index is 0.141. The van der Waals surface area contributed by atoms with Crippen LogP contribution in [0.5, 0.6) is 0 Å². The Morgan fingerprint density at radius 2 is 1.93 bits per heavy atom. The minimum atomic E-state index is -0.215. The molecule has 0 N–H and O–H groups in total. The van der Waals surface area contributed by atoms with Crippen molar-refractivity contribution in [1.29, 1.82) is 0 Å². The first kappa shape index (κ1) is 21.6. The molecule has 0 nitrogen and oxygen atoms in total. The SMILES string of the molecule is CCC/C=C/c1ccc(C#CC2(C3CCC(CCC)CC3)C=CC=CC2)c(F)c1. The summed E-state index contributed by atoms with van der Waals surface area (Å²) in [4.78, 5) is 0. The maximum atomic E-state index is 14.6. The van der Waals surface area contributed by atoms with Gasteiger partial charge in [-0.15, -0.1) is 0 Å². The van der Waals surface area contributed by atoms with Crippen molar-refractivity contribution in [1.82, 2.24) is 0 Å². The highest BCUT2D eigenvalue weighted by Crippen LogP contribution is 2.45. The van der Waals surface area contributed by atoms with E-state index >= 15 is 0 Å². The lowest BCUT2D eigenvalue weighted by Gasteiger charge is -2.39. The van der Waals surface area contributed by atoms with E-state index in [0.717, 1.165) is 30.7 Å². The predicted octanol–water partition coefficient (Wildman–Crippen LogP) is 8.10. The lowest BCUT2D eigenvalue weighted by molar-refractivity contribution is 0.183. The van der Waals surface area contributed by atoms with Crippen molar-refractivity contribution >= 4 is 6.08 Å². The average Bonchev–Trinajstić information content (AvgIpc) is 2.75. The van der Waals surface area contributed by atoms with Crippen molar-refractivity contribution in [3.05, 3.63) is 65.5 Å². The van der Waals surface area contributed by atoms with Gasteiger partial charge in [0, 0.05) is 0 Å². The lowest BCUT2D eigenvalue weighted by atomic mass is 9.64. The second kappa shape index (κ2) is 10.6. The third kappa shape index (κ3) is 5.72. The third-order valence-electron chi connectivity index (χ3n) is 6.56. The first-order chi connectivity index (χ1) is 14.2. The fourth-order valence-electron chi connectivity index (χ4n) is 4.82. The number of unbranched alkanes of at least 4 members (excludes halogenated alkanes) is 1. The van der Waals surface area contributed by atoms with Crippen LogP contribution < -0.4 is 0 Å². The first-order valence-electron chi connectivity index (χ1n) is 11.5. The molecule has 0 heterocycles. The van der Waals surface area contributed by atoms with Crippen molar-refractivity contribution < 1.29 is 4.39 Å². The molecule has 0 amide bonds. The molecular formula is C28H35F. The summed E-state index contributed by atoms with van der Waals surface area (Å²) in [5, 5.41) is 0. The maximum absolute atomic E-state index is 14.6. The molecule has 154 valence electrons. The Balaban J connectivity index is 1.78. The third-order valence-corrected chi connectivity index (χ3v) is 6.56. The van der Waals surface area contributed by atoms with E-state index in [9.17, 15) is 4.39 Å². The monoisotopic (exact) mass is 390 g/mol. The Bertz CT molecular complexity index is 808. The van der Waals surface area contributed by atoms with Gasteiger partial charge in [-0.25, -0.2) is 4.39 Å². The van der Waals surface area contributed by atoms with Gasteiger partial charge in [0.25, 0.3) is 0 Å². The summed E-state index contributed by atoms with van der Waals surface area (Å²) in [5.41, 5.74) is 1.28. The molecule has 0 aliphatic heterocycles. The number of benzene rings is 1. The standard InChI is InChI=1S/C28H35F/c1-3-5-7-11-24-12-15-25(27(29)22-24)18-21-28(19-8-6-9-20-28)26-16-13-23(10-4-2)14-17-26/h6-9,11-12,15,19,22-23,26H,3-5,10,13-14,16-17,20H2,1-2H3/b11-7+. The number of rotatable bonds is 6. The molecule has 2 aliphatic carbocycles. The van der Waals surface area contributed by atoms with Crippen LogP contribution in [0.2, 0.25) is 0 Å². The van der Waals surface area contributed by atoms with E-state index in [1.54, 1.807) is 6.07 Å². The van der Waals surface area contributed by atoms with Crippen LogP contribution in [0, 0.1) is 34.9 Å². The Labute approximate surface area is 177 Å². The molecule has 3 rings (SSSR count). The molecule has 1 aromatic rings. The molecule has 1 aromatic carbocycles. The molecule has 29 heavy (non-hydrogen) atoms. The summed E-state index contributed by atoms with van der Waals surface area (Å²) in [7, 11) is 0. The van der Waals surface area contributed by atoms with Crippen molar-refractivity contribution in [2.24, 2.45) is 17.3 Å². The van der Waals surface area contributed by atoms with E-state index < -0.39 is 0 Å². The molecule has 1 unspecified atom stereocenters. The highest BCUT2D eigenvalue weighted by molar-refractivity contribution is 5.52. The zero-order chi connectivity index (χ0) is 20.5. The number of hydrogen-bond acceptors (Lipinski definition) is 0. The van der Waals surface area contributed by atoms with E-state index in [1.807, 2.05) is 18.2 Å². The smallest absolute Gasteiger partial charge is 0.139 e. The Morgan fingerprint density at radius 3 is 2.59 bits per heavy atom. The van der Waals surface area contributed by atoms with Gasteiger partial charge in [-0.2, -0.15) is 0 Å². The van der Waals surface area contributed by atoms with Crippen LogP contribution in [0.1, 0.15) is 82.8 Å². The van der Waals surface area contributed by atoms with Gasteiger partial charge in [-0.3, -0.25) is 0 Å². The molecule has 0 aromatic heterocycles. The van der Waals surface area contributed by atoms with E-state index in [0.29, 0.717) is 11.5 Å². The van der Waals surface area contributed by atoms with Crippen molar-refractivity contribution in [2.45, 2.75) is 71.6 Å². The molecule has 0 saturated heterocycles. The van der Waals surface area contributed by atoms with Crippen molar-refractivity contribution in [2.75, 3.05) is 0 Å². The topological polar surface area (TPSA) is 0 Å². The van der Waals surface area contributed by atoms with Gasteiger partial charge < -0.3 is 0 Å².